The SMILES string of the molecule is CC(C)C[C@@H](Nc1cnc(C#N)c(Nc2ccc3cnccc3c2)c1)C(N)=O. The molecular weight excluding hydrogens is 352 g/mol. The zero-order valence-electron chi connectivity index (χ0n) is 15.8. The van der Waals surface area contributed by atoms with Crippen molar-refractivity contribution in [3.8, 4) is 6.07 Å². The lowest BCUT2D eigenvalue weighted by atomic mass is 10.0. The minimum absolute atomic E-state index is 0.264. The van der Waals surface area contributed by atoms with Crippen molar-refractivity contribution in [3.05, 3.63) is 54.6 Å². The van der Waals surface area contributed by atoms with E-state index in [4.69, 9.17) is 5.73 Å². The van der Waals surface area contributed by atoms with Gasteiger partial charge in [0.2, 0.25) is 5.91 Å². The number of primary amides is 1. The molecule has 0 aliphatic carbocycles. The Morgan fingerprint density at radius 2 is 2.00 bits per heavy atom. The smallest absolute Gasteiger partial charge is 0.239 e. The second kappa shape index (κ2) is 8.35. The van der Waals surface area contributed by atoms with Gasteiger partial charge in [0, 0.05) is 23.5 Å². The number of hydrogen-bond donors (Lipinski definition) is 3. The average Bonchev–Trinajstić information content (AvgIpc) is 2.67. The molecule has 7 heteroatoms. The van der Waals surface area contributed by atoms with Crippen LogP contribution in [0.25, 0.3) is 10.8 Å². The Morgan fingerprint density at radius 1 is 1.18 bits per heavy atom. The van der Waals surface area contributed by atoms with Crippen LogP contribution in [0.5, 0.6) is 0 Å². The maximum absolute atomic E-state index is 11.7. The molecule has 142 valence electrons. The van der Waals surface area contributed by atoms with E-state index in [1.807, 2.05) is 38.1 Å². The van der Waals surface area contributed by atoms with E-state index < -0.39 is 11.9 Å². The third kappa shape index (κ3) is 4.54. The lowest BCUT2D eigenvalue weighted by molar-refractivity contribution is -0.119. The first kappa shape index (κ1) is 19.1. The number of nitriles is 1. The quantitative estimate of drug-likeness (QED) is 0.582. The van der Waals surface area contributed by atoms with Crippen LogP contribution in [0.4, 0.5) is 17.1 Å². The molecule has 0 aliphatic rings. The molecule has 3 rings (SSSR count). The molecule has 28 heavy (non-hydrogen) atoms. The zero-order valence-corrected chi connectivity index (χ0v) is 15.8. The van der Waals surface area contributed by atoms with Gasteiger partial charge in [0.25, 0.3) is 0 Å². The van der Waals surface area contributed by atoms with Crippen LogP contribution in [0.2, 0.25) is 0 Å². The monoisotopic (exact) mass is 374 g/mol. The Kier molecular flexibility index (Phi) is 5.70. The molecule has 0 unspecified atom stereocenters. The number of carbonyl (C=O) groups is 1. The number of pyridine rings is 2. The summed E-state index contributed by atoms with van der Waals surface area (Å²) in [5.41, 5.74) is 7.77. The fourth-order valence-corrected chi connectivity index (χ4v) is 2.96. The molecule has 2 heterocycles. The van der Waals surface area contributed by atoms with Crippen LogP contribution in [0.15, 0.2) is 48.9 Å². The van der Waals surface area contributed by atoms with E-state index in [2.05, 4.69) is 26.7 Å². The van der Waals surface area contributed by atoms with Crippen LogP contribution in [0.3, 0.4) is 0 Å². The number of aromatic nitrogens is 2. The summed E-state index contributed by atoms with van der Waals surface area (Å²) in [5, 5.41) is 17.8. The van der Waals surface area contributed by atoms with Gasteiger partial charge in [-0.15, -0.1) is 0 Å². The van der Waals surface area contributed by atoms with Crippen molar-refractivity contribution in [2.45, 2.75) is 26.3 Å². The number of rotatable bonds is 7. The Bertz CT molecular complexity index is 1040. The van der Waals surface area contributed by atoms with Gasteiger partial charge in [-0.1, -0.05) is 19.9 Å². The molecule has 3 aromatic rings. The minimum Gasteiger partial charge on any atom is -0.372 e. The molecule has 0 spiro atoms. The zero-order chi connectivity index (χ0) is 20.1. The number of nitrogens with zero attached hydrogens (tertiary/aromatic N) is 3. The molecule has 0 radical (unpaired) electrons. The van der Waals surface area contributed by atoms with Gasteiger partial charge in [0.1, 0.15) is 12.1 Å². The van der Waals surface area contributed by atoms with Crippen molar-refractivity contribution in [3.63, 3.8) is 0 Å². The number of fused-ring (bicyclic) bond motifs is 1. The van der Waals surface area contributed by atoms with Crippen LogP contribution in [0.1, 0.15) is 26.0 Å². The van der Waals surface area contributed by atoms with E-state index in [0.29, 0.717) is 23.7 Å². The largest absolute Gasteiger partial charge is 0.372 e. The van der Waals surface area contributed by atoms with Crippen molar-refractivity contribution < 1.29 is 4.79 Å². The summed E-state index contributed by atoms with van der Waals surface area (Å²) >= 11 is 0. The van der Waals surface area contributed by atoms with E-state index in [1.165, 1.54) is 6.20 Å². The molecule has 1 atom stereocenters. The van der Waals surface area contributed by atoms with Gasteiger partial charge < -0.3 is 16.4 Å². The number of amides is 1. The molecule has 0 fully saturated rings. The first-order chi connectivity index (χ1) is 13.5. The minimum atomic E-state index is -0.504. The lowest BCUT2D eigenvalue weighted by Gasteiger charge is -2.19. The van der Waals surface area contributed by atoms with Gasteiger partial charge in [-0.3, -0.25) is 9.78 Å². The molecule has 0 bridgehead atoms. The number of hydrogen-bond acceptors (Lipinski definition) is 6. The van der Waals surface area contributed by atoms with E-state index in [0.717, 1.165) is 16.5 Å². The summed E-state index contributed by atoms with van der Waals surface area (Å²) in [6.45, 7) is 4.05. The number of benzene rings is 1. The van der Waals surface area contributed by atoms with Crippen LogP contribution < -0.4 is 16.4 Å². The van der Waals surface area contributed by atoms with Gasteiger partial charge in [0.05, 0.1) is 17.6 Å². The summed E-state index contributed by atoms with van der Waals surface area (Å²) < 4.78 is 0. The highest BCUT2D eigenvalue weighted by Gasteiger charge is 2.17. The highest BCUT2D eigenvalue weighted by Crippen LogP contribution is 2.26. The number of nitrogens with two attached hydrogens (primary N) is 1. The Balaban J connectivity index is 1.88. The van der Waals surface area contributed by atoms with Gasteiger partial charge in [-0.05, 0) is 42.0 Å². The van der Waals surface area contributed by atoms with Gasteiger partial charge in [-0.2, -0.15) is 5.26 Å². The fraction of sp³-hybridized carbons (Fsp3) is 0.238. The highest BCUT2D eigenvalue weighted by atomic mass is 16.1. The van der Waals surface area contributed by atoms with E-state index >= 15 is 0 Å². The van der Waals surface area contributed by atoms with E-state index in [9.17, 15) is 10.1 Å². The first-order valence-corrected chi connectivity index (χ1v) is 9.03. The van der Waals surface area contributed by atoms with Gasteiger partial charge in [0.15, 0.2) is 5.69 Å². The molecule has 0 saturated carbocycles. The predicted molar refractivity (Wildman–Crippen MR) is 110 cm³/mol. The maximum Gasteiger partial charge on any atom is 0.239 e. The van der Waals surface area contributed by atoms with Gasteiger partial charge in [-0.25, -0.2) is 4.98 Å². The highest BCUT2D eigenvalue weighted by molar-refractivity contribution is 5.86. The van der Waals surface area contributed by atoms with Crippen molar-refractivity contribution in [1.82, 2.24) is 9.97 Å². The van der Waals surface area contributed by atoms with Crippen LogP contribution in [-0.2, 0) is 4.79 Å². The third-order valence-electron chi connectivity index (χ3n) is 4.30. The topological polar surface area (TPSA) is 117 Å². The third-order valence-corrected chi connectivity index (χ3v) is 4.30. The molecular formula is C21H22N6O. The van der Waals surface area contributed by atoms with Crippen molar-refractivity contribution >= 4 is 33.7 Å². The summed E-state index contributed by atoms with van der Waals surface area (Å²) in [6, 6.07) is 11.1. The van der Waals surface area contributed by atoms with Crippen LogP contribution in [-0.4, -0.2) is 21.9 Å². The molecule has 2 aromatic heterocycles. The average molecular weight is 374 g/mol. The molecule has 7 nitrogen and oxygen atoms in total. The van der Waals surface area contributed by atoms with Crippen molar-refractivity contribution in [2.24, 2.45) is 11.7 Å². The number of carbonyl (C=O) groups excluding carboxylic acids is 1. The first-order valence-electron chi connectivity index (χ1n) is 9.03. The van der Waals surface area contributed by atoms with Crippen LogP contribution >= 0.6 is 0 Å². The predicted octanol–water partition coefficient (Wildman–Crippen LogP) is 3.56. The molecule has 4 N–H and O–H groups in total. The Morgan fingerprint density at radius 3 is 2.71 bits per heavy atom. The summed E-state index contributed by atoms with van der Waals surface area (Å²) in [7, 11) is 0. The Hall–Kier alpha value is -3.66. The standard InChI is InChI=1S/C21H22N6O/c1-13(2)7-19(21(23)28)27-17-9-18(20(10-22)25-12-17)26-16-4-3-15-11-24-6-5-14(15)8-16/h3-6,8-9,11-13,19,26-27H,7H2,1-2H3,(H2,23,28)/t19-/m1/s1. The maximum atomic E-state index is 11.7. The molecule has 1 aromatic carbocycles. The van der Waals surface area contributed by atoms with Crippen LogP contribution in [0, 0.1) is 17.2 Å². The van der Waals surface area contributed by atoms with Gasteiger partial charge >= 0.3 is 0 Å². The number of nitrogens with one attached hydrogen (secondary N) is 2. The summed E-state index contributed by atoms with van der Waals surface area (Å²) in [6.07, 6.45) is 5.67. The van der Waals surface area contributed by atoms with E-state index in [-0.39, 0.29) is 5.69 Å². The lowest BCUT2D eigenvalue weighted by Crippen LogP contribution is -2.36. The molecule has 1 amide bonds. The summed E-state index contributed by atoms with van der Waals surface area (Å²) in [4.78, 5) is 20.0. The van der Waals surface area contributed by atoms with Crippen molar-refractivity contribution in [1.29, 1.82) is 5.26 Å². The Labute approximate surface area is 163 Å². The number of anilines is 3. The second-order valence-corrected chi connectivity index (χ2v) is 7.02. The second-order valence-electron chi connectivity index (χ2n) is 7.02. The van der Waals surface area contributed by atoms with E-state index in [1.54, 1.807) is 18.5 Å². The summed E-state index contributed by atoms with van der Waals surface area (Å²) in [5.74, 6) is -0.114. The molecule has 0 aliphatic heterocycles. The fourth-order valence-electron chi connectivity index (χ4n) is 2.96. The normalized spacial score (nSPS) is 11.8. The van der Waals surface area contributed by atoms with Crippen molar-refractivity contribution in [2.75, 3.05) is 10.6 Å². The molecule has 0 saturated heterocycles.